The van der Waals surface area contributed by atoms with Gasteiger partial charge in [0.25, 0.3) is 0 Å². The largest absolute Gasteiger partial charge is 0.320 e. The lowest BCUT2D eigenvalue weighted by Crippen LogP contribution is -2.16. The summed E-state index contributed by atoms with van der Waals surface area (Å²) in [4.78, 5) is 0. The summed E-state index contributed by atoms with van der Waals surface area (Å²) in [6.45, 7) is 0. The Bertz CT molecular complexity index is 610. The van der Waals surface area contributed by atoms with Gasteiger partial charge >= 0.3 is 0 Å². The third-order valence-corrected chi connectivity index (χ3v) is 3.61. The van der Waals surface area contributed by atoms with E-state index in [0.717, 1.165) is 0 Å². The van der Waals surface area contributed by atoms with Crippen molar-refractivity contribution in [3.63, 3.8) is 0 Å². The van der Waals surface area contributed by atoms with Gasteiger partial charge in [0.1, 0.15) is 17.5 Å². The highest BCUT2D eigenvalue weighted by Crippen LogP contribution is 2.32. The van der Waals surface area contributed by atoms with Crippen molar-refractivity contribution < 1.29 is 13.2 Å². The predicted octanol–water partition coefficient (Wildman–Crippen LogP) is 4.57. The van der Waals surface area contributed by atoms with Gasteiger partial charge in [0.15, 0.2) is 0 Å². The van der Waals surface area contributed by atoms with Crippen LogP contribution in [0.1, 0.15) is 17.2 Å². The predicted molar refractivity (Wildman–Crippen MR) is 71.5 cm³/mol. The van der Waals surface area contributed by atoms with Crippen LogP contribution in [0.25, 0.3) is 0 Å². The van der Waals surface area contributed by atoms with Crippen LogP contribution in [0.3, 0.4) is 0 Å². The molecule has 0 fully saturated rings. The fraction of sp³-hybridized carbons (Fsp3) is 0.0769. The third kappa shape index (κ3) is 2.94. The van der Waals surface area contributed by atoms with E-state index in [4.69, 9.17) is 17.3 Å². The fourth-order valence-electron chi connectivity index (χ4n) is 1.76. The standard InChI is InChI=1S/C13H8BrClF3N/c14-9-2-1-6(15)3-8(9)13(19)12-10(17)4-7(16)5-11(12)18/h1-5,13H,19H2. The normalized spacial score (nSPS) is 12.5. The molecule has 0 heterocycles. The van der Waals surface area contributed by atoms with Crippen LogP contribution < -0.4 is 5.73 Å². The maximum atomic E-state index is 13.7. The second-order valence-corrected chi connectivity index (χ2v) is 5.22. The summed E-state index contributed by atoms with van der Waals surface area (Å²) in [5, 5.41) is 0.386. The molecule has 0 aromatic heterocycles. The van der Waals surface area contributed by atoms with Crippen molar-refractivity contribution in [3.05, 3.63) is 68.4 Å². The number of hydrogen-bond acceptors (Lipinski definition) is 1. The Labute approximate surface area is 121 Å². The number of halogens is 5. The molecule has 0 aliphatic carbocycles. The zero-order valence-electron chi connectivity index (χ0n) is 9.43. The van der Waals surface area contributed by atoms with Crippen molar-refractivity contribution in [1.82, 2.24) is 0 Å². The van der Waals surface area contributed by atoms with Crippen LogP contribution in [0, 0.1) is 17.5 Å². The first-order valence-electron chi connectivity index (χ1n) is 5.25. The van der Waals surface area contributed by atoms with Crippen LogP contribution >= 0.6 is 27.5 Å². The summed E-state index contributed by atoms with van der Waals surface area (Å²) < 4.78 is 40.8. The van der Waals surface area contributed by atoms with Crippen molar-refractivity contribution in [3.8, 4) is 0 Å². The van der Waals surface area contributed by atoms with Crippen LogP contribution in [0.15, 0.2) is 34.8 Å². The Hall–Kier alpha value is -1.04. The summed E-state index contributed by atoms with van der Waals surface area (Å²) in [5.74, 6) is -3.05. The number of rotatable bonds is 2. The van der Waals surface area contributed by atoms with Gasteiger partial charge in [-0.3, -0.25) is 0 Å². The van der Waals surface area contributed by atoms with E-state index in [1.807, 2.05) is 0 Å². The summed E-state index contributed by atoms with van der Waals surface area (Å²) in [7, 11) is 0. The van der Waals surface area contributed by atoms with E-state index in [9.17, 15) is 13.2 Å². The SMILES string of the molecule is NC(c1cc(Cl)ccc1Br)c1c(F)cc(F)cc1F. The van der Waals surface area contributed by atoms with E-state index in [2.05, 4.69) is 15.9 Å². The fourth-order valence-corrected chi connectivity index (χ4v) is 2.43. The maximum absolute atomic E-state index is 13.7. The summed E-state index contributed by atoms with van der Waals surface area (Å²) in [6.07, 6.45) is 0. The van der Waals surface area contributed by atoms with Gasteiger partial charge in [0.2, 0.25) is 0 Å². The van der Waals surface area contributed by atoms with E-state index >= 15 is 0 Å². The molecule has 2 rings (SSSR count). The quantitative estimate of drug-likeness (QED) is 0.844. The Morgan fingerprint density at radius 1 is 1.05 bits per heavy atom. The lowest BCUT2D eigenvalue weighted by molar-refractivity contribution is 0.515. The van der Waals surface area contributed by atoms with Gasteiger partial charge < -0.3 is 5.73 Å². The Kier molecular flexibility index (Phi) is 4.18. The molecular weight excluding hydrogens is 343 g/mol. The smallest absolute Gasteiger partial charge is 0.134 e. The molecule has 1 nitrogen and oxygen atoms in total. The van der Waals surface area contributed by atoms with E-state index in [1.54, 1.807) is 12.1 Å². The van der Waals surface area contributed by atoms with Crippen LogP contribution in [0.5, 0.6) is 0 Å². The van der Waals surface area contributed by atoms with Gasteiger partial charge in [-0.05, 0) is 23.8 Å². The summed E-state index contributed by atoms with van der Waals surface area (Å²) in [6, 6.07) is 4.83. The Morgan fingerprint density at radius 3 is 2.21 bits per heavy atom. The monoisotopic (exact) mass is 349 g/mol. The molecule has 2 aromatic carbocycles. The van der Waals surface area contributed by atoms with E-state index in [0.29, 0.717) is 27.2 Å². The molecule has 0 radical (unpaired) electrons. The third-order valence-electron chi connectivity index (χ3n) is 2.65. The molecule has 0 saturated carbocycles. The zero-order chi connectivity index (χ0) is 14.2. The summed E-state index contributed by atoms with van der Waals surface area (Å²) >= 11 is 9.06. The maximum Gasteiger partial charge on any atom is 0.134 e. The molecule has 0 spiro atoms. The van der Waals surface area contributed by atoms with Crippen LogP contribution in [0.4, 0.5) is 13.2 Å². The van der Waals surface area contributed by atoms with E-state index < -0.39 is 29.1 Å². The molecule has 0 amide bonds. The van der Waals surface area contributed by atoms with E-state index in [-0.39, 0.29) is 0 Å². The van der Waals surface area contributed by atoms with Crippen LogP contribution in [0.2, 0.25) is 5.02 Å². The Morgan fingerprint density at radius 2 is 1.63 bits per heavy atom. The number of hydrogen-bond donors (Lipinski definition) is 1. The lowest BCUT2D eigenvalue weighted by Gasteiger charge is -2.16. The van der Waals surface area contributed by atoms with Crippen molar-refractivity contribution in [2.24, 2.45) is 5.73 Å². The number of nitrogens with two attached hydrogens (primary N) is 1. The molecule has 0 saturated heterocycles. The number of benzene rings is 2. The van der Waals surface area contributed by atoms with Gasteiger partial charge in [0.05, 0.1) is 6.04 Å². The summed E-state index contributed by atoms with van der Waals surface area (Å²) in [5.41, 5.74) is 5.86. The van der Waals surface area contributed by atoms with Crippen LogP contribution in [-0.2, 0) is 0 Å². The minimum atomic E-state index is -1.09. The van der Waals surface area contributed by atoms with Crippen molar-refractivity contribution in [1.29, 1.82) is 0 Å². The van der Waals surface area contributed by atoms with E-state index in [1.165, 1.54) is 6.07 Å². The first kappa shape index (κ1) is 14.4. The molecule has 1 unspecified atom stereocenters. The zero-order valence-corrected chi connectivity index (χ0v) is 11.8. The molecule has 0 aliphatic rings. The van der Waals surface area contributed by atoms with Gasteiger partial charge in [-0.2, -0.15) is 0 Å². The lowest BCUT2D eigenvalue weighted by atomic mass is 9.98. The molecule has 19 heavy (non-hydrogen) atoms. The van der Waals surface area contributed by atoms with Crippen LogP contribution in [-0.4, -0.2) is 0 Å². The van der Waals surface area contributed by atoms with Crippen molar-refractivity contribution in [2.75, 3.05) is 0 Å². The van der Waals surface area contributed by atoms with Gasteiger partial charge in [-0.1, -0.05) is 27.5 Å². The molecule has 0 bridgehead atoms. The average molecular weight is 351 g/mol. The molecule has 100 valence electrons. The molecule has 2 aromatic rings. The van der Waals surface area contributed by atoms with Gasteiger partial charge in [-0.25, -0.2) is 13.2 Å². The average Bonchev–Trinajstić information content (AvgIpc) is 2.30. The van der Waals surface area contributed by atoms with Crippen molar-refractivity contribution in [2.45, 2.75) is 6.04 Å². The Balaban J connectivity index is 2.56. The minimum Gasteiger partial charge on any atom is -0.320 e. The highest BCUT2D eigenvalue weighted by molar-refractivity contribution is 9.10. The van der Waals surface area contributed by atoms with Gasteiger partial charge in [0, 0.05) is 27.2 Å². The molecular formula is C13H8BrClF3N. The first-order chi connectivity index (χ1) is 8.90. The van der Waals surface area contributed by atoms with Crippen molar-refractivity contribution >= 4 is 27.5 Å². The minimum absolute atomic E-state index is 0.386. The topological polar surface area (TPSA) is 26.0 Å². The molecule has 0 aliphatic heterocycles. The first-order valence-corrected chi connectivity index (χ1v) is 6.42. The highest BCUT2D eigenvalue weighted by Gasteiger charge is 2.21. The molecule has 2 N–H and O–H groups in total. The second-order valence-electron chi connectivity index (χ2n) is 3.93. The molecule has 6 heteroatoms. The highest BCUT2D eigenvalue weighted by atomic mass is 79.9. The van der Waals surface area contributed by atoms with Gasteiger partial charge in [-0.15, -0.1) is 0 Å². The molecule has 1 atom stereocenters. The second kappa shape index (κ2) is 5.53.